The van der Waals surface area contributed by atoms with Crippen LogP contribution in [0.15, 0.2) is 48.5 Å². The first kappa shape index (κ1) is 13.9. The lowest BCUT2D eigenvalue weighted by Crippen LogP contribution is -2.41. The summed E-state index contributed by atoms with van der Waals surface area (Å²) in [5.41, 5.74) is 2.99. The molecule has 1 atom stereocenters. The summed E-state index contributed by atoms with van der Waals surface area (Å²) in [5, 5.41) is 11.0. The Morgan fingerprint density at radius 1 is 1.05 bits per heavy atom. The van der Waals surface area contributed by atoms with E-state index >= 15 is 0 Å². The fourth-order valence-electron chi connectivity index (χ4n) is 3.62. The lowest BCUT2D eigenvalue weighted by atomic mass is 9.83. The van der Waals surface area contributed by atoms with E-state index in [4.69, 9.17) is 4.74 Å². The highest BCUT2D eigenvalue weighted by atomic mass is 19.1. The van der Waals surface area contributed by atoms with Gasteiger partial charge in [-0.1, -0.05) is 36.4 Å². The highest BCUT2D eigenvalue weighted by Crippen LogP contribution is 2.51. The minimum Gasteiger partial charge on any atom is -0.358 e. The van der Waals surface area contributed by atoms with E-state index in [2.05, 4.69) is 12.1 Å². The van der Waals surface area contributed by atoms with Gasteiger partial charge in [0.15, 0.2) is 0 Å². The van der Waals surface area contributed by atoms with Gasteiger partial charge in [0.25, 0.3) is 0 Å². The summed E-state index contributed by atoms with van der Waals surface area (Å²) in [4.78, 5) is 0. The summed E-state index contributed by atoms with van der Waals surface area (Å²) in [7, 11) is 0. The van der Waals surface area contributed by atoms with Crippen LogP contribution in [0.4, 0.5) is 4.39 Å². The van der Waals surface area contributed by atoms with Gasteiger partial charge < -0.3 is 9.94 Å². The van der Waals surface area contributed by atoms with Gasteiger partial charge in [-0.3, -0.25) is 0 Å². The Balaban J connectivity index is 1.75. The second-order valence-corrected chi connectivity index (χ2v) is 6.08. The number of nitrogens with zero attached hydrogens (tertiary/aromatic N) is 1. The smallest absolute Gasteiger partial charge is 0.123 e. The number of hydrogen-bond acceptors (Lipinski definition) is 3. The molecule has 0 amide bonds. The van der Waals surface area contributed by atoms with Gasteiger partial charge >= 0.3 is 0 Å². The zero-order chi connectivity index (χ0) is 15.2. The minimum atomic E-state index is -0.338. The number of ether oxygens (including phenoxy) is 1. The minimum absolute atomic E-state index is 0.165. The summed E-state index contributed by atoms with van der Waals surface area (Å²) in [6.45, 7) is 1.20. The maximum absolute atomic E-state index is 13.2. The van der Waals surface area contributed by atoms with E-state index in [9.17, 15) is 9.60 Å². The normalized spacial score (nSPS) is 23.6. The van der Waals surface area contributed by atoms with Crippen molar-refractivity contribution in [3.05, 3.63) is 71.0 Å². The van der Waals surface area contributed by atoms with Crippen molar-refractivity contribution in [2.45, 2.75) is 24.5 Å². The van der Waals surface area contributed by atoms with Crippen molar-refractivity contribution in [1.29, 1.82) is 0 Å². The number of piperidine rings is 1. The summed E-state index contributed by atoms with van der Waals surface area (Å²) < 4.78 is 19.7. The summed E-state index contributed by atoms with van der Waals surface area (Å²) in [6.07, 6.45) is 1.36. The maximum Gasteiger partial charge on any atom is 0.123 e. The average molecular weight is 299 g/mol. The number of benzene rings is 2. The van der Waals surface area contributed by atoms with Gasteiger partial charge in [-0.05, 0) is 41.7 Å². The molecule has 4 rings (SSSR count). The van der Waals surface area contributed by atoms with Crippen LogP contribution in [0.5, 0.6) is 0 Å². The fraction of sp³-hybridized carbons (Fsp3) is 0.333. The predicted molar refractivity (Wildman–Crippen MR) is 80.0 cm³/mol. The molecule has 2 aliphatic rings. The highest BCUT2D eigenvalue weighted by molar-refractivity contribution is 5.43. The molecule has 0 aromatic heterocycles. The van der Waals surface area contributed by atoms with E-state index in [-0.39, 0.29) is 17.5 Å². The van der Waals surface area contributed by atoms with E-state index in [1.807, 2.05) is 12.1 Å². The van der Waals surface area contributed by atoms with Crippen LogP contribution in [0.1, 0.15) is 35.6 Å². The molecule has 1 fully saturated rings. The molecule has 1 unspecified atom stereocenters. The third kappa shape index (κ3) is 2.15. The third-order valence-corrected chi connectivity index (χ3v) is 4.80. The van der Waals surface area contributed by atoms with E-state index in [0.717, 1.165) is 24.0 Å². The monoisotopic (exact) mass is 299 g/mol. The molecule has 1 saturated heterocycles. The van der Waals surface area contributed by atoms with Crippen molar-refractivity contribution in [2.24, 2.45) is 0 Å². The first-order valence-electron chi connectivity index (χ1n) is 7.64. The lowest BCUT2D eigenvalue weighted by molar-refractivity contribution is -0.169. The standard InChI is InChI=1S/C18H18FNO2/c19-14-7-5-13(6-8-14)17-15-3-1-2-4-16(15)18(22-17)9-11-20(21)12-10-18/h1-8,17,21H,9-12H2. The van der Waals surface area contributed by atoms with Gasteiger partial charge in [-0.2, -0.15) is 5.06 Å². The molecule has 114 valence electrons. The Labute approximate surface area is 128 Å². The Bertz CT molecular complexity index is 678. The van der Waals surface area contributed by atoms with Crippen LogP contribution in [0.3, 0.4) is 0 Å². The van der Waals surface area contributed by atoms with Crippen molar-refractivity contribution in [1.82, 2.24) is 5.06 Å². The van der Waals surface area contributed by atoms with Gasteiger partial charge in [-0.15, -0.1) is 0 Å². The molecule has 0 aliphatic carbocycles. The average Bonchev–Trinajstić information content (AvgIpc) is 2.87. The first-order chi connectivity index (χ1) is 10.7. The summed E-state index contributed by atoms with van der Waals surface area (Å²) >= 11 is 0. The van der Waals surface area contributed by atoms with E-state index in [0.29, 0.717) is 13.1 Å². The number of halogens is 1. The van der Waals surface area contributed by atoms with Crippen LogP contribution < -0.4 is 0 Å². The van der Waals surface area contributed by atoms with Crippen LogP contribution >= 0.6 is 0 Å². The number of fused-ring (bicyclic) bond motifs is 2. The Morgan fingerprint density at radius 2 is 1.73 bits per heavy atom. The van der Waals surface area contributed by atoms with Gasteiger partial charge in [0.2, 0.25) is 0 Å². The molecule has 2 aliphatic heterocycles. The van der Waals surface area contributed by atoms with Crippen molar-refractivity contribution in [3.8, 4) is 0 Å². The summed E-state index contributed by atoms with van der Waals surface area (Å²) in [5.74, 6) is -0.238. The van der Waals surface area contributed by atoms with Crippen molar-refractivity contribution in [2.75, 3.05) is 13.1 Å². The molecule has 4 heteroatoms. The molecule has 22 heavy (non-hydrogen) atoms. The molecule has 3 nitrogen and oxygen atoms in total. The fourth-order valence-corrected chi connectivity index (χ4v) is 3.62. The maximum atomic E-state index is 13.2. The quantitative estimate of drug-likeness (QED) is 0.873. The first-order valence-corrected chi connectivity index (χ1v) is 7.64. The van der Waals surface area contributed by atoms with Gasteiger partial charge in [-0.25, -0.2) is 4.39 Å². The summed E-state index contributed by atoms with van der Waals surface area (Å²) in [6, 6.07) is 14.8. The zero-order valence-corrected chi connectivity index (χ0v) is 12.2. The second-order valence-electron chi connectivity index (χ2n) is 6.08. The Morgan fingerprint density at radius 3 is 2.45 bits per heavy atom. The molecule has 0 radical (unpaired) electrons. The molecule has 1 spiro atoms. The SMILES string of the molecule is ON1CCC2(CC1)OC(c1ccc(F)cc1)c1ccccc12. The van der Waals surface area contributed by atoms with Gasteiger partial charge in [0, 0.05) is 13.1 Å². The van der Waals surface area contributed by atoms with Gasteiger partial charge in [0.1, 0.15) is 11.9 Å². The zero-order valence-electron chi connectivity index (χ0n) is 12.2. The van der Waals surface area contributed by atoms with Crippen molar-refractivity contribution in [3.63, 3.8) is 0 Å². The molecule has 2 aromatic rings. The third-order valence-electron chi connectivity index (χ3n) is 4.80. The van der Waals surface area contributed by atoms with Crippen LogP contribution in [-0.2, 0) is 10.3 Å². The Hall–Kier alpha value is -1.75. The van der Waals surface area contributed by atoms with Crippen LogP contribution in [0, 0.1) is 5.82 Å². The van der Waals surface area contributed by atoms with Crippen molar-refractivity contribution >= 4 is 0 Å². The molecule has 2 aromatic carbocycles. The largest absolute Gasteiger partial charge is 0.358 e. The molecule has 0 saturated carbocycles. The van der Waals surface area contributed by atoms with Crippen LogP contribution in [0.2, 0.25) is 0 Å². The molecule has 2 heterocycles. The van der Waals surface area contributed by atoms with E-state index in [1.54, 1.807) is 12.1 Å². The molecular weight excluding hydrogens is 281 g/mol. The highest BCUT2D eigenvalue weighted by Gasteiger charge is 2.46. The molecule has 1 N–H and O–H groups in total. The molecule has 0 bridgehead atoms. The van der Waals surface area contributed by atoms with E-state index in [1.165, 1.54) is 22.8 Å². The topological polar surface area (TPSA) is 32.7 Å². The second kappa shape index (κ2) is 5.16. The lowest BCUT2D eigenvalue weighted by Gasteiger charge is -2.37. The number of rotatable bonds is 1. The predicted octanol–water partition coefficient (Wildman–Crippen LogP) is 3.63. The van der Waals surface area contributed by atoms with E-state index < -0.39 is 0 Å². The van der Waals surface area contributed by atoms with Crippen LogP contribution in [-0.4, -0.2) is 23.4 Å². The number of hydroxylamine groups is 2. The Kier molecular flexibility index (Phi) is 3.26. The van der Waals surface area contributed by atoms with Gasteiger partial charge in [0.05, 0.1) is 5.60 Å². The van der Waals surface area contributed by atoms with Crippen LogP contribution in [0.25, 0.3) is 0 Å². The molecular formula is C18H18FNO2. The van der Waals surface area contributed by atoms with Crippen molar-refractivity contribution < 1.29 is 14.3 Å². The number of hydrogen-bond donors (Lipinski definition) is 1.